The van der Waals surface area contributed by atoms with E-state index < -0.39 is 0 Å². The summed E-state index contributed by atoms with van der Waals surface area (Å²) in [6, 6.07) is 69.0. The van der Waals surface area contributed by atoms with Gasteiger partial charge in [-0.15, -0.1) is 0 Å². The van der Waals surface area contributed by atoms with Crippen molar-refractivity contribution in [1.82, 2.24) is 19.1 Å². The van der Waals surface area contributed by atoms with E-state index in [9.17, 15) is 0 Å². The van der Waals surface area contributed by atoms with Gasteiger partial charge in [-0.2, -0.15) is 0 Å². The molecule has 54 heavy (non-hydrogen) atoms. The highest BCUT2D eigenvalue weighted by atomic mass is 15.0. The summed E-state index contributed by atoms with van der Waals surface area (Å²) in [6.07, 6.45) is 0. The first-order chi connectivity index (χ1) is 26.8. The second kappa shape index (κ2) is 12.1. The Labute approximate surface area is 311 Å². The van der Waals surface area contributed by atoms with E-state index in [0.717, 1.165) is 50.5 Å². The second-order valence-electron chi connectivity index (χ2n) is 13.8. The van der Waals surface area contributed by atoms with Gasteiger partial charge in [0.25, 0.3) is 0 Å². The molecule has 11 rings (SSSR count). The standard InChI is InChI=1S/C50H32N4/c1-3-16-34(17-4-1)44-32-45(39-26-14-18-33-15-7-8-23-38(33)39)52-50(51-44)35-19-13-22-37(29-35)54-47-28-12-10-25-41(47)43-30-48-42(31-49(43)54)40-24-9-11-27-46(40)53(48)36-20-5-2-6-21-36/h1-32H. The van der Waals surface area contributed by atoms with Crippen molar-refractivity contribution in [1.29, 1.82) is 0 Å². The first kappa shape index (κ1) is 30.3. The van der Waals surface area contributed by atoms with Crippen LogP contribution in [0.2, 0.25) is 0 Å². The van der Waals surface area contributed by atoms with Gasteiger partial charge in [0.15, 0.2) is 5.82 Å². The van der Waals surface area contributed by atoms with Crippen molar-refractivity contribution in [3.8, 4) is 45.3 Å². The number of hydrogen-bond acceptors (Lipinski definition) is 2. The Morgan fingerprint density at radius 1 is 0.315 bits per heavy atom. The van der Waals surface area contributed by atoms with E-state index >= 15 is 0 Å². The first-order valence-electron chi connectivity index (χ1n) is 18.3. The monoisotopic (exact) mass is 688 g/mol. The molecular weight excluding hydrogens is 657 g/mol. The summed E-state index contributed by atoms with van der Waals surface area (Å²) >= 11 is 0. The summed E-state index contributed by atoms with van der Waals surface area (Å²) in [7, 11) is 0. The summed E-state index contributed by atoms with van der Waals surface area (Å²) in [5, 5.41) is 7.24. The van der Waals surface area contributed by atoms with Crippen molar-refractivity contribution in [3.05, 3.63) is 194 Å². The van der Waals surface area contributed by atoms with Crippen LogP contribution in [0.25, 0.3) is 99.7 Å². The maximum absolute atomic E-state index is 5.28. The zero-order chi connectivity index (χ0) is 35.6. The molecule has 0 radical (unpaired) electrons. The average molecular weight is 689 g/mol. The highest BCUT2D eigenvalue weighted by molar-refractivity contribution is 6.19. The van der Waals surface area contributed by atoms with Crippen LogP contribution in [0.1, 0.15) is 0 Å². The van der Waals surface area contributed by atoms with Gasteiger partial charge >= 0.3 is 0 Å². The van der Waals surface area contributed by atoms with Crippen molar-refractivity contribution >= 4 is 54.4 Å². The van der Waals surface area contributed by atoms with E-state index in [2.05, 4.69) is 197 Å². The molecule has 0 atom stereocenters. The Morgan fingerprint density at radius 2 is 0.833 bits per heavy atom. The normalized spacial score (nSPS) is 11.7. The fourth-order valence-corrected chi connectivity index (χ4v) is 8.27. The number of para-hydroxylation sites is 3. The molecule has 4 nitrogen and oxygen atoms in total. The Balaban J connectivity index is 1.15. The highest BCUT2D eigenvalue weighted by Gasteiger charge is 2.19. The zero-order valence-corrected chi connectivity index (χ0v) is 29.3. The molecular formula is C50H32N4. The maximum Gasteiger partial charge on any atom is 0.160 e. The van der Waals surface area contributed by atoms with Crippen molar-refractivity contribution in [2.75, 3.05) is 0 Å². The van der Waals surface area contributed by atoms with Gasteiger partial charge in [0.1, 0.15) is 0 Å². The van der Waals surface area contributed by atoms with Gasteiger partial charge in [-0.25, -0.2) is 9.97 Å². The van der Waals surface area contributed by atoms with Gasteiger partial charge in [0.2, 0.25) is 0 Å². The molecule has 0 saturated carbocycles. The summed E-state index contributed by atoms with van der Waals surface area (Å²) in [4.78, 5) is 10.5. The van der Waals surface area contributed by atoms with Crippen LogP contribution in [-0.4, -0.2) is 19.1 Å². The van der Waals surface area contributed by atoms with Crippen LogP contribution >= 0.6 is 0 Å². The maximum atomic E-state index is 5.28. The number of fused-ring (bicyclic) bond motifs is 7. The molecule has 3 heterocycles. The van der Waals surface area contributed by atoms with Crippen molar-refractivity contribution < 1.29 is 0 Å². The fraction of sp³-hybridized carbons (Fsp3) is 0. The van der Waals surface area contributed by atoms with E-state index in [1.54, 1.807) is 0 Å². The zero-order valence-electron chi connectivity index (χ0n) is 29.3. The lowest BCUT2D eigenvalue weighted by atomic mass is 10.0. The van der Waals surface area contributed by atoms with Crippen LogP contribution in [0.4, 0.5) is 0 Å². The molecule has 0 aliphatic heterocycles. The lowest BCUT2D eigenvalue weighted by Gasteiger charge is -2.13. The molecule has 8 aromatic carbocycles. The molecule has 0 fully saturated rings. The third kappa shape index (κ3) is 4.78. The van der Waals surface area contributed by atoms with Crippen LogP contribution in [0.5, 0.6) is 0 Å². The molecule has 0 spiro atoms. The highest BCUT2D eigenvalue weighted by Crippen LogP contribution is 2.40. The number of benzene rings is 8. The molecule has 252 valence electrons. The van der Waals surface area contributed by atoms with E-state index in [-0.39, 0.29) is 0 Å². The predicted octanol–water partition coefficient (Wildman–Crippen LogP) is 12.8. The molecule has 0 saturated heterocycles. The van der Waals surface area contributed by atoms with Gasteiger partial charge in [0, 0.05) is 49.6 Å². The van der Waals surface area contributed by atoms with Crippen molar-refractivity contribution in [2.24, 2.45) is 0 Å². The van der Waals surface area contributed by atoms with E-state index in [4.69, 9.17) is 9.97 Å². The van der Waals surface area contributed by atoms with Gasteiger partial charge in [-0.3, -0.25) is 0 Å². The molecule has 0 aliphatic carbocycles. The third-order valence-corrected chi connectivity index (χ3v) is 10.7. The summed E-state index contributed by atoms with van der Waals surface area (Å²) in [5.74, 6) is 0.690. The van der Waals surface area contributed by atoms with Crippen molar-refractivity contribution in [2.45, 2.75) is 0 Å². The Morgan fingerprint density at radius 3 is 1.56 bits per heavy atom. The minimum atomic E-state index is 0.690. The molecule has 0 N–H and O–H groups in total. The molecule has 3 aromatic heterocycles. The molecule has 0 bridgehead atoms. The molecule has 11 aromatic rings. The van der Waals surface area contributed by atoms with Crippen molar-refractivity contribution in [3.63, 3.8) is 0 Å². The van der Waals surface area contributed by atoms with Gasteiger partial charge in [-0.05, 0) is 65.4 Å². The molecule has 0 amide bonds. The summed E-state index contributed by atoms with van der Waals surface area (Å²) in [6.45, 7) is 0. The fourth-order valence-electron chi connectivity index (χ4n) is 8.27. The number of hydrogen-bond donors (Lipinski definition) is 0. The Bertz CT molecular complexity index is 3200. The second-order valence-corrected chi connectivity index (χ2v) is 13.8. The largest absolute Gasteiger partial charge is 0.309 e. The smallest absolute Gasteiger partial charge is 0.160 e. The van der Waals surface area contributed by atoms with E-state index in [1.165, 1.54) is 43.4 Å². The van der Waals surface area contributed by atoms with Gasteiger partial charge < -0.3 is 9.13 Å². The SMILES string of the molecule is c1ccc(-c2cc(-c3cccc4ccccc34)nc(-c3cccc(-n4c5ccccc5c5cc6c(cc54)c4ccccc4n6-c4ccccc4)c3)n2)cc1. The number of aromatic nitrogens is 4. The lowest BCUT2D eigenvalue weighted by Crippen LogP contribution is -1.98. The van der Waals surface area contributed by atoms with Crippen LogP contribution in [0.15, 0.2) is 194 Å². The van der Waals surface area contributed by atoms with Gasteiger partial charge in [0.05, 0.1) is 33.5 Å². The van der Waals surface area contributed by atoms with Crippen LogP contribution in [0.3, 0.4) is 0 Å². The quantitative estimate of drug-likeness (QED) is 0.180. The molecule has 0 unspecified atom stereocenters. The minimum absolute atomic E-state index is 0.690. The topological polar surface area (TPSA) is 35.6 Å². The first-order valence-corrected chi connectivity index (χ1v) is 18.3. The summed E-state index contributed by atoms with van der Waals surface area (Å²) in [5.41, 5.74) is 11.8. The average Bonchev–Trinajstić information content (AvgIpc) is 3.75. The molecule has 0 aliphatic rings. The van der Waals surface area contributed by atoms with E-state index in [0.29, 0.717) is 5.82 Å². The Kier molecular flexibility index (Phi) is 6.82. The lowest BCUT2D eigenvalue weighted by molar-refractivity contribution is 1.16. The predicted molar refractivity (Wildman–Crippen MR) is 225 cm³/mol. The number of nitrogens with zero attached hydrogens (tertiary/aromatic N) is 4. The van der Waals surface area contributed by atoms with Gasteiger partial charge in [-0.1, -0.05) is 140 Å². The van der Waals surface area contributed by atoms with Crippen LogP contribution in [0, 0.1) is 0 Å². The number of rotatable bonds is 5. The van der Waals surface area contributed by atoms with Crippen LogP contribution in [-0.2, 0) is 0 Å². The van der Waals surface area contributed by atoms with Crippen LogP contribution < -0.4 is 0 Å². The summed E-state index contributed by atoms with van der Waals surface area (Å²) < 4.78 is 4.79. The minimum Gasteiger partial charge on any atom is -0.309 e. The van der Waals surface area contributed by atoms with E-state index in [1.807, 2.05) is 6.07 Å². The molecule has 4 heteroatoms. The Hall–Kier alpha value is -7.30. The third-order valence-electron chi connectivity index (χ3n) is 10.7.